The lowest BCUT2D eigenvalue weighted by molar-refractivity contribution is 0.0952. The summed E-state index contributed by atoms with van der Waals surface area (Å²) in [6, 6.07) is 2.94. The molecule has 0 unspecified atom stereocenters. The van der Waals surface area contributed by atoms with Gasteiger partial charge in [0.2, 0.25) is 10.0 Å². The van der Waals surface area contributed by atoms with E-state index in [-0.39, 0.29) is 10.8 Å². The van der Waals surface area contributed by atoms with Crippen molar-refractivity contribution in [2.45, 2.75) is 37.5 Å². The Morgan fingerprint density at radius 3 is 2.67 bits per heavy atom. The Hall–Kier alpha value is -0.920. The summed E-state index contributed by atoms with van der Waals surface area (Å²) in [6.45, 7) is 2.24. The Morgan fingerprint density at radius 1 is 1.43 bits per heavy atom. The molecule has 116 valence electrons. The topological polar surface area (TPSA) is 89.3 Å². The number of primary sulfonamides is 1. The fraction of sp³-hybridized carbons (Fsp3) is 0.500. The third kappa shape index (κ3) is 4.52. The predicted octanol–water partition coefficient (Wildman–Crippen LogP) is 2.32. The van der Waals surface area contributed by atoms with Crippen LogP contribution in [0.4, 0.5) is 0 Å². The zero-order valence-corrected chi connectivity index (χ0v) is 14.3. The number of nitrogens with two attached hydrogens (primary N) is 1. The Morgan fingerprint density at radius 2 is 2.10 bits per heavy atom. The maximum absolute atomic E-state index is 12.1. The second kappa shape index (κ2) is 6.46. The molecule has 1 aliphatic rings. The van der Waals surface area contributed by atoms with Crippen molar-refractivity contribution in [3.8, 4) is 0 Å². The van der Waals surface area contributed by atoms with Gasteiger partial charge in [0, 0.05) is 16.6 Å². The van der Waals surface area contributed by atoms with E-state index < -0.39 is 10.0 Å². The van der Waals surface area contributed by atoms with Crippen molar-refractivity contribution in [3.05, 3.63) is 27.7 Å². The van der Waals surface area contributed by atoms with E-state index in [0.29, 0.717) is 22.1 Å². The van der Waals surface area contributed by atoms with Gasteiger partial charge in [0.25, 0.3) is 5.91 Å². The van der Waals surface area contributed by atoms with Crippen molar-refractivity contribution in [1.29, 1.82) is 0 Å². The van der Waals surface area contributed by atoms with Crippen LogP contribution in [-0.4, -0.2) is 20.9 Å². The molecule has 0 aliphatic heterocycles. The summed E-state index contributed by atoms with van der Waals surface area (Å²) in [6.07, 6.45) is 4.69. The van der Waals surface area contributed by atoms with Gasteiger partial charge < -0.3 is 5.32 Å². The maximum Gasteiger partial charge on any atom is 0.251 e. The first kappa shape index (κ1) is 16.5. The van der Waals surface area contributed by atoms with Crippen LogP contribution in [0, 0.1) is 12.8 Å². The molecule has 0 radical (unpaired) electrons. The molecule has 7 heteroatoms. The van der Waals surface area contributed by atoms with Crippen LogP contribution in [0.1, 0.15) is 41.6 Å². The second-order valence-electron chi connectivity index (χ2n) is 5.47. The first-order valence-electron chi connectivity index (χ1n) is 6.90. The van der Waals surface area contributed by atoms with E-state index in [1.807, 2.05) is 0 Å². The standard InChI is InChI=1S/C14H19BrN2O3S/c1-9-12(15)7-11(8-13(9)21(16,19)20)14(18)17-6-2-3-10-4-5-10/h7-8,10H,2-6H2,1H3,(H,17,18)(H2,16,19,20). The van der Waals surface area contributed by atoms with Gasteiger partial charge in [0.15, 0.2) is 0 Å². The highest BCUT2D eigenvalue weighted by Crippen LogP contribution is 2.33. The third-order valence-corrected chi connectivity index (χ3v) is 5.50. The quantitative estimate of drug-likeness (QED) is 0.748. The van der Waals surface area contributed by atoms with E-state index >= 15 is 0 Å². The van der Waals surface area contributed by atoms with Crippen LogP contribution in [0.3, 0.4) is 0 Å². The lowest BCUT2D eigenvalue weighted by Crippen LogP contribution is -2.25. The Labute approximate surface area is 133 Å². The first-order valence-corrected chi connectivity index (χ1v) is 9.24. The fourth-order valence-corrected chi connectivity index (χ4v) is 3.60. The van der Waals surface area contributed by atoms with Gasteiger partial charge in [-0.25, -0.2) is 13.6 Å². The normalized spacial score (nSPS) is 15.0. The van der Waals surface area contributed by atoms with Crippen LogP contribution in [0.15, 0.2) is 21.5 Å². The highest BCUT2D eigenvalue weighted by Gasteiger charge is 2.21. The predicted molar refractivity (Wildman–Crippen MR) is 84.5 cm³/mol. The highest BCUT2D eigenvalue weighted by atomic mass is 79.9. The van der Waals surface area contributed by atoms with Crippen molar-refractivity contribution < 1.29 is 13.2 Å². The number of nitrogens with one attached hydrogen (secondary N) is 1. The number of benzene rings is 1. The van der Waals surface area contributed by atoms with Crippen LogP contribution >= 0.6 is 15.9 Å². The summed E-state index contributed by atoms with van der Waals surface area (Å²) in [5, 5.41) is 7.99. The SMILES string of the molecule is Cc1c(Br)cc(C(=O)NCCCC2CC2)cc1S(N)(=O)=O. The van der Waals surface area contributed by atoms with Crippen LogP contribution in [0.25, 0.3) is 0 Å². The van der Waals surface area contributed by atoms with Gasteiger partial charge in [-0.1, -0.05) is 28.8 Å². The summed E-state index contributed by atoms with van der Waals surface area (Å²) in [5.41, 5.74) is 0.797. The highest BCUT2D eigenvalue weighted by molar-refractivity contribution is 9.10. The minimum atomic E-state index is -3.85. The smallest absolute Gasteiger partial charge is 0.251 e. The zero-order chi connectivity index (χ0) is 15.6. The first-order chi connectivity index (χ1) is 9.79. The van der Waals surface area contributed by atoms with E-state index in [1.54, 1.807) is 13.0 Å². The van der Waals surface area contributed by atoms with Gasteiger partial charge in [0.1, 0.15) is 0 Å². The van der Waals surface area contributed by atoms with Crippen LogP contribution in [0.5, 0.6) is 0 Å². The number of hydrogen-bond acceptors (Lipinski definition) is 3. The third-order valence-electron chi connectivity index (χ3n) is 3.64. The van der Waals surface area contributed by atoms with Crippen molar-refractivity contribution in [1.82, 2.24) is 5.32 Å². The van der Waals surface area contributed by atoms with Gasteiger partial charge in [-0.2, -0.15) is 0 Å². The fourth-order valence-electron chi connectivity index (χ4n) is 2.18. The Kier molecular flexibility index (Phi) is 5.06. The molecule has 0 spiro atoms. The number of carbonyl (C=O) groups excluding carboxylic acids is 1. The molecule has 0 heterocycles. The van der Waals surface area contributed by atoms with Crippen molar-refractivity contribution in [2.75, 3.05) is 6.54 Å². The lowest BCUT2D eigenvalue weighted by Gasteiger charge is -2.10. The van der Waals surface area contributed by atoms with E-state index in [2.05, 4.69) is 21.2 Å². The molecule has 1 saturated carbocycles. The van der Waals surface area contributed by atoms with E-state index in [0.717, 1.165) is 18.8 Å². The van der Waals surface area contributed by atoms with Crippen molar-refractivity contribution in [2.24, 2.45) is 11.1 Å². The summed E-state index contributed by atoms with van der Waals surface area (Å²) in [5.74, 6) is 0.556. The maximum atomic E-state index is 12.1. The monoisotopic (exact) mass is 374 g/mol. The lowest BCUT2D eigenvalue weighted by atomic mass is 10.1. The van der Waals surface area contributed by atoms with Crippen molar-refractivity contribution >= 4 is 31.9 Å². The van der Waals surface area contributed by atoms with Gasteiger partial charge in [-0.15, -0.1) is 0 Å². The average Bonchev–Trinajstić information content (AvgIpc) is 3.20. The molecule has 0 atom stereocenters. The molecule has 1 aliphatic carbocycles. The number of carbonyl (C=O) groups is 1. The Balaban J connectivity index is 2.07. The van der Waals surface area contributed by atoms with Crippen LogP contribution in [0.2, 0.25) is 0 Å². The molecule has 0 bridgehead atoms. The summed E-state index contributed by atoms with van der Waals surface area (Å²) in [4.78, 5) is 12.1. The second-order valence-corrected chi connectivity index (χ2v) is 7.85. The minimum Gasteiger partial charge on any atom is -0.352 e. The van der Waals surface area contributed by atoms with E-state index in [1.165, 1.54) is 18.9 Å². The molecule has 1 amide bonds. The minimum absolute atomic E-state index is 0.0278. The van der Waals surface area contributed by atoms with Gasteiger partial charge >= 0.3 is 0 Å². The summed E-state index contributed by atoms with van der Waals surface area (Å²) < 4.78 is 23.6. The average molecular weight is 375 g/mol. The Bertz CT molecular complexity index is 654. The van der Waals surface area contributed by atoms with Gasteiger partial charge in [-0.3, -0.25) is 4.79 Å². The number of sulfonamides is 1. The van der Waals surface area contributed by atoms with Crippen molar-refractivity contribution in [3.63, 3.8) is 0 Å². The van der Waals surface area contributed by atoms with Gasteiger partial charge in [-0.05, 0) is 43.4 Å². The number of amides is 1. The van der Waals surface area contributed by atoms with E-state index in [9.17, 15) is 13.2 Å². The molecule has 1 aromatic carbocycles. The molecule has 2 rings (SSSR count). The zero-order valence-electron chi connectivity index (χ0n) is 11.9. The number of hydrogen-bond donors (Lipinski definition) is 2. The molecule has 0 saturated heterocycles. The summed E-state index contributed by atoms with van der Waals surface area (Å²) >= 11 is 3.27. The van der Waals surface area contributed by atoms with E-state index in [4.69, 9.17) is 5.14 Å². The number of rotatable bonds is 6. The molecule has 1 aromatic rings. The van der Waals surface area contributed by atoms with Gasteiger partial charge in [0.05, 0.1) is 4.90 Å². The largest absolute Gasteiger partial charge is 0.352 e. The molecular formula is C14H19BrN2O3S. The molecule has 0 aromatic heterocycles. The molecule has 1 fully saturated rings. The number of halogens is 1. The molecule has 3 N–H and O–H groups in total. The molecule has 5 nitrogen and oxygen atoms in total. The van der Waals surface area contributed by atoms with Crippen LogP contribution in [-0.2, 0) is 10.0 Å². The summed E-state index contributed by atoms with van der Waals surface area (Å²) in [7, 11) is -3.85. The molecule has 21 heavy (non-hydrogen) atoms. The molecular weight excluding hydrogens is 356 g/mol. The van der Waals surface area contributed by atoms with Crippen LogP contribution < -0.4 is 10.5 Å².